The van der Waals surface area contributed by atoms with Gasteiger partial charge in [0.2, 0.25) is 0 Å². The Hall–Kier alpha value is -2.06. The first kappa shape index (κ1) is 12.4. The Balaban J connectivity index is 2.11. The molecule has 1 heterocycles. The average molecular weight is 259 g/mol. The zero-order chi connectivity index (χ0) is 13.0. The van der Waals surface area contributed by atoms with Crippen molar-refractivity contribution in [1.82, 2.24) is 4.98 Å². The summed E-state index contributed by atoms with van der Waals surface area (Å²) >= 11 is 1.48. The third-order valence-corrected chi connectivity index (χ3v) is 3.32. The van der Waals surface area contributed by atoms with Crippen molar-refractivity contribution in [3.63, 3.8) is 0 Å². The number of nitrogen functional groups attached to an aromatic ring is 1. The van der Waals surface area contributed by atoms with Crippen LogP contribution in [-0.2, 0) is 5.75 Å². The minimum absolute atomic E-state index is 0.359. The molecule has 2 aromatic rings. The Morgan fingerprint density at radius 2 is 2.17 bits per heavy atom. The highest BCUT2D eigenvalue weighted by Gasteiger charge is 2.05. The molecule has 18 heavy (non-hydrogen) atoms. The van der Waals surface area contributed by atoms with Gasteiger partial charge in [-0.1, -0.05) is 6.07 Å². The van der Waals surface area contributed by atoms with E-state index in [4.69, 9.17) is 11.0 Å². The van der Waals surface area contributed by atoms with Gasteiger partial charge in [-0.3, -0.25) is 0 Å². The Kier molecular flexibility index (Phi) is 3.80. The molecule has 0 amide bonds. The molecule has 0 saturated heterocycles. The summed E-state index contributed by atoms with van der Waals surface area (Å²) in [6, 6.07) is 9.79. The molecule has 1 aromatic heterocycles. The van der Waals surface area contributed by atoms with Crippen LogP contribution in [0.2, 0.25) is 0 Å². The van der Waals surface area contributed by atoms with Crippen LogP contribution in [0, 0.1) is 17.1 Å². The second-order valence-electron chi connectivity index (χ2n) is 3.63. The van der Waals surface area contributed by atoms with E-state index < -0.39 is 5.82 Å². The number of anilines is 1. The van der Waals surface area contributed by atoms with E-state index in [0.29, 0.717) is 17.0 Å². The molecule has 0 bridgehead atoms. The van der Waals surface area contributed by atoms with Crippen molar-refractivity contribution >= 4 is 17.4 Å². The number of nitriles is 1. The molecule has 5 heteroatoms. The number of nitrogens with zero attached hydrogens (tertiary/aromatic N) is 2. The van der Waals surface area contributed by atoms with Gasteiger partial charge in [-0.15, -0.1) is 11.8 Å². The molecule has 2 rings (SSSR count). The predicted molar refractivity (Wildman–Crippen MR) is 69.3 cm³/mol. The van der Waals surface area contributed by atoms with Crippen molar-refractivity contribution < 1.29 is 4.39 Å². The number of halogens is 1. The van der Waals surface area contributed by atoms with E-state index in [1.54, 1.807) is 18.3 Å². The Bertz CT molecular complexity index is 590. The van der Waals surface area contributed by atoms with Gasteiger partial charge in [0, 0.05) is 5.75 Å². The lowest BCUT2D eigenvalue weighted by atomic mass is 10.1. The number of benzene rings is 1. The van der Waals surface area contributed by atoms with Gasteiger partial charge in [-0.2, -0.15) is 5.26 Å². The first-order valence-corrected chi connectivity index (χ1v) is 6.20. The van der Waals surface area contributed by atoms with Crippen LogP contribution in [0.25, 0.3) is 0 Å². The van der Waals surface area contributed by atoms with Gasteiger partial charge >= 0.3 is 0 Å². The van der Waals surface area contributed by atoms with Crippen LogP contribution in [0.1, 0.15) is 11.1 Å². The highest BCUT2D eigenvalue weighted by molar-refractivity contribution is 7.98. The van der Waals surface area contributed by atoms with E-state index in [2.05, 4.69) is 4.98 Å². The second-order valence-corrected chi connectivity index (χ2v) is 4.63. The molecule has 0 radical (unpaired) electrons. The summed E-state index contributed by atoms with van der Waals surface area (Å²) in [6.45, 7) is 0. The maximum Gasteiger partial charge on any atom is 0.124 e. The Morgan fingerprint density at radius 3 is 2.83 bits per heavy atom. The lowest BCUT2D eigenvalue weighted by Crippen LogP contribution is -1.91. The smallest absolute Gasteiger partial charge is 0.124 e. The number of hydrogen-bond donors (Lipinski definition) is 1. The van der Waals surface area contributed by atoms with Crippen molar-refractivity contribution in [2.45, 2.75) is 10.8 Å². The summed E-state index contributed by atoms with van der Waals surface area (Å²) in [7, 11) is 0. The fourth-order valence-corrected chi connectivity index (χ4v) is 2.25. The van der Waals surface area contributed by atoms with Crippen LogP contribution in [0.15, 0.2) is 41.6 Å². The van der Waals surface area contributed by atoms with E-state index in [-0.39, 0.29) is 0 Å². The van der Waals surface area contributed by atoms with Crippen molar-refractivity contribution in [2.24, 2.45) is 0 Å². The normalized spacial score (nSPS) is 10.0. The average Bonchev–Trinajstić information content (AvgIpc) is 2.39. The zero-order valence-corrected chi connectivity index (χ0v) is 10.2. The quantitative estimate of drug-likeness (QED) is 0.861. The molecule has 0 fully saturated rings. The monoisotopic (exact) mass is 259 g/mol. The fraction of sp³-hybridized carbons (Fsp3) is 0.0769. The number of rotatable bonds is 3. The van der Waals surface area contributed by atoms with E-state index >= 15 is 0 Å². The van der Waals surface area contributed by atoms with Crippen LogP contribution in [0.3, 0.4) is 0 Å². The van der Waals surface area contributed by atoms with E-state index in [1.165, 1.54) is 23.9 Å². The van der Waals surface area contributed by atoms with Gasteiger partial charge in [0.25, 0.3) is 0 Å². The maximum atomic E-state index is 13.0. The fourth-order valence-electron chi connectivity index (χ4n) is 1.41. The molecule has 0 spiro atoms. The summed E-state index contributed by atoms with van der Waals surface area (Å²) in [5.41, 5.74) is 7.30. The van der Waals surface area contributed by atoms with Gasteiger partial charge in [0.05, 0.1) is 28.5 Å². The molecule has 0 saturated carbocycles. The molecule has 2 N–H and O–H groups in total. The number of aromatic nitrogens is 1. The van der Waals surface area contributed by atoms with Crippen molar-refractivity contribution in [3.8, 4) is 6.07 Å². The first-order chi connectivity index (χ1) is 8.69. The highest BCUT2D eigenvalue weighted by Crippen LogP contribution is 2.23. The van der Waals surface area contributed by atoms with Gasteiger partial charge in [-0.05, 0) is 29.8 Å². The van der Waals surface area contributed by atoms with Gasteiger partial charge in [-0.25, -0.2) is 9.37 Å². The molecule has 1 aromatic carbocycles. The summed E-state index contributed by atoms with van der Waals surface area (Å²) < 4.78 is 13.0. The van der Waals surface area contributed by atoms with E-state index in [9.17, 15) is 4.39 Å². The predicted octanol–water partition coefficient (Wildman–Crippen LogP) is 2.97. The van der Waals surface area contributed by atoms with Crippen LogP contribution in [0.4, 0.5) is 10.1 Å². The minimum atomic E-state index is -0.397. The molecule has 3 nitrogen and oxygen atoms in total. The van der Waals surface area contributed by atoms with Crippen LogP contribution in [0.5, 0.6) is 0 Å². The van der Waals surface area contributed by atoms with E-state index in [0.717, 1.165) is 10.6 Å². The highest BCUT2D eigenvalue weighted by atomic mass is 32.2. The van der Waals surface area contributed by atoms with Crippen molar-refractivity contribution in [2.75, 3.05) is 5.73 Å². The Morgan fingerprint density at radius 1 is 1.33 bits per heavy atom. The summed E-state index contributed by atoms with van der Waals surface area (Å²) in [5, 5.41) is 9.74. The van der Waals surface area contributed by atoms with Crippen LogP contribution >= 0.6 is 11.8 Å². The summed E-state index contributed by atoms with van der Waals surface area (Å²) in [6.07, 6.45) is 1.58. The molecule has 0 unspecified atom stereocenters. The van der Waals surface area contributed by atoms with Crippen LogP contribution < -0.4 is 5.73 Å². The van der Waals surface area contributed by atoms with Crippen LogP contribution in [-0.4, -0.2) is 4.98 Å². The molecule has 90 valence electrons. The van der Waals surface area contributed by atoms with Crippen molar-refractivity contribution in [3.05, 3.63) is 53.5 Å². The summed E-state index contributed by atoms with van der Waals surface area (Å²) in [5.74, 6) is 0.172. The third-order valence-electron chi connectivity index (χ3n) is 2.33. The number of hydrogen-bond acceptors (Lipinski definition) is 4. The van der Waals surface area contributed by atoms with E-state index in [1.807, 2.05) is 12.1 Å². The maximum absolute atomic E-state index is 13.0. The topological polar surface area (TPSA) is 62.7 Å². The molecule has 0 aliphatic heterocycles. The molecular formula is C13H10FN3S. The summed E-state index contributed by atoms with van der Waals surface area (Å²) in [4.78, 5) is 4.15. The second kappa shape index (κ2) is 5.52. The SMILES string of the molecule is N#Cc1cc(F)ccc1CSc1ccc(N)cn1. The largest absolute Gasteiger partial charge is 0.397 e. The number of pyridine rings is 1. The lowest BCUT2D eigenvalue weighted by molar-refractivity contribution is 0.627. The van der Waals surface area contributed by atoms with Crippen molar-refractivity contribution in [1.29, 1.82) is 5.26 Å². The zero-order valence-electron chi connectivity index (χ0n) is 9.43. The molecule has 0 atom stereocenters. The van der Waals surface area contributed by atoms with Gasteiger partial charge in [0.1, 0.15) is 5.82 Å². The lowest BCUT2D eigenvalue weighted by Gasteiger charge is -2.04. The first-order valence-electron chi connectivity index (χ1n) is 5.22. The molecule has 0 aliphatic carbocycles. The number of thioether (sulfide) groups is 1. The standard InChI is InChI=1S/C13H10FN3S/c14-11-2-1-9(10(5-11)6-15)8-18-13-4-3-12(16)7-17-13/h1-5,7H,8,16H2. The Labute approximate surface area is 108 Å². The minimum Gasteiger partial charge on any atom is -0.397 e. The molecule has 0 aliphatic rings. The molecular weight excluding hydrogens is 249 g/mol. The van der Waals surface area contributed by atoms with Gasteiger partial charge < -0.3 is 5.73 Å². The van der Waals surface area contributed by atoms with Gasteiger partial charge in [0.15, 0.2) is 0 Å². The third kappa shape index (κ3) is 2.99. The number of nitrogens with two attached hydrogens (primary N) is 1.